The van der Waals surface area contributed by atoms with Crippen LogP contribution >= 0.6 is 11.6 Å². The first-order chi connectivity index (χ1) is 15.0. The van der Waals surface area contributed by atoms with Crippen LogP contribution in [0.25, 0.3) is 27.7 Å². The summed E-state index contributed by atoms with van der Waals surface area (Å²) in [6, 6.07) is 19.3. The van der Waals surface area contributed by atoms with Crippen LogP contribution in [0.15, 0.2) is 77.4 Å². The van der Waals surface area contributed by atoms with Gasteiger partial charge in [0.25, 0.3) is 0 Å². The zero-order valence-corrected chi connectivity index (χ0v) is 18.3. The summed E-state index contributed by atoms with van der Waals surface area (Å²) in [6.07, 6.45) is 3.29. The minimum absolute atomic E-state index is 0.265. The third-order valence-electron chi connectivity index (χ3n) is 5.16. The van der Waals surface area contributed by atoms with Gasteiger partial charge in [-0.15, -0.1) is 0 Å². The Morgan fingerprint density at radius 3 is 2.55 bits per heavy atom. The predicted octanol–water partition coefficient (Wildman–Crippen LogP) is 7.11. The molecule has 31 heavy (non-hydrogen) atoms. The third kappa shape index (κ3) is 4.35. The predicted molar refractivity (Wildman–Crippen MR) is 127 cm³/mol. The molecule has 1 amide bonds. The van der Waals surface area contributed by atoms with Gasteiger partial charge in [0.05, 0.1) is 24.1 Å². The number of carbonyl (C=O) groups is 1. The van der Waals surface area contributed by atoms with Crippen LogP contribution in [0, 0.1) is 6.92 Å². The fraction of sp³-hybridized carbons (Fsp3) is 0.115. The second-order valence-corrected chi connectivity index (χ2v) is 7.77. The van der Waals surface area contributed by atoms with Gasteiger partial charge in [-0.2, -0.15) is 0 Å². The van der Waals surface area contributed by atoms with Gasteiger partial charge in [-0.3, -0.25) is 4.79 Å². The zero-order chi connectivity index (χ0) is 22.0. The van der Waals surface area contributed by atoms with E-state index >= 15 is 0 Å². The lowest BCUT2D eigenvalue weighted by Crippen LogP contribution is -2.09. The number of aryl methyl sites for hydroxylation is 1. The van der Waals surface area contributed by atoms with Crippen LogP contribution in [0.1, 0.15) is 18.1 Å². The largest absolute Gasteiger partial charge is 0.496 e. The molecule has 0 aliphatic rings. The molecule has 0 saturated heterocycles. The molecule has 3 aromatic carbocycles. The highest BCUT2D eigenvalue weighted by molar-refractivity contribution is 6.33. The Kier molecular flexibility index (Phi) is 5.83. The van der Waals surface area contributed by atoms with E-state index in [1.54, 1.807) is 31.6 Å². The first-order valence-corrected chi connectivity index (χ1v) is 10.2. The van der Waals surface area contributed by atoms with Gasteiger partial charge >= 0.3 is 0 Å². The summed E-state index contributed by atoms with van der Waals surface area (Å²) >= 11 is 6.14. The number of carbonyl (C=O) groups excluding carboxylic acids is 1. The molecule has 4 rings (SSSR count). The molecule has 1 N–H and O–H groups in total. The fourth-order valence-corrected chi connectivity index (χ4v) is 3.68. The smallest absolute Gasteiger partial charge is 0.248 e. The average Bonchev–Trinajstić information content (AvgIpc) is 3.17. The maximum absolute atomic E-state index is 12.6. The highest BCUT2D eigenvalue weighted by Crippen LogP contribution is 2.37. The number of benzene rings is 3. The number of para-hydroxylation sites is 1. The molecule has 0 bridgehead atoms. The van der Waals surface area contributed by atoms with E-state index in [1.165, 1.54) is 5.56 Å². The highest BCUT2D eigenvalue weighted by Gasteiger charge is 2.15. The maximum atomic E-state index is 12.6. The van der Waals surface area contributed by atoms with Crippen molar-refractivity contribution in [1.29, 1.82) is 0 Å². The van der Waals surface area contributed by atoms with E-state index in [2.05, 4.69) is 36.5 Å². The van der Waals surface area contributed by atoms with E-state index < -0.39 is 0 Å². The number of rotatable bonds is 5. The molecule has 0 fully saturated rings. The van der Waals surface area contributed by atoms with Crippen LogP contribution in [0.2, 0.25) is 5.02 Å². The normalized spacial score (nSPS) is 11.5. The Balaban J connectivity index is 1.72. The molecule has 1 heterocycles. The SMILES string of the molecule is COc1cc2occ(-c3ccc(C)cc3)c2cc1/C(C)=C/C(=O)Nc1ccccc1Cl. The Morgan fingerprint density at radius 2 is 1.84 bits per heavy atom. The summed E-state index contributed by atoms with van der Waals surface area (Å²) in [4.78, 5) is 12.6. The number of methoxy groups -OCH3 is 1. The lowest BCUT2D eigenvalue weighted by molar-refractivity contribution is -0.111. The van der Waals surface area contributed by atoms with Crippen LogP contribution in [0.4, 0.5) is 5.69 Å². The zero-order valence-electron chi connectivity index (χ0n) is 17.5. The van der Waals surface area contributed by atoms with Crippen LogP contribution < -0.4 is 10.1 Å². The van der Waals surface area contributed by atoms with Gasteiger partial charge in [0.2, 0.25) is 5.91 Å². The molecular formula is C26H22ClNO3. The fourth-order valence-electron chi connectivity index (χ4n) is 3.49. The third-order valence-corrected chi connectivity index (χ3v) is 5.49. The number of halogens is 1. The molecule has 0 aliphatic carbocycles. The van der Waals surface area contributed by atoms with Gasteiger partial charge in [-0.25, -0.2) is 0 Å². The van der Waals surface area contributed by atoms with E-state index in [4.69, 9.17) is 20.8 Å². The number of allylic oxidation sites excluding steroid dienone is 1. The summed E-state index contributed by atoms with van der Waals surface area (Å²) in [5, 5.41) is 4.26. The van der Waals surface area contributed by atoms with Crippen molar-refractivity contribution in [3.8, 4) is 16.9 Å². The van der Waals surface area contributed by atoms with Gasteiger partial charge in [0.1, 0.15) is 11.3 Å². The van der Waals surface area contributed by atoms with Crippen molar-refractivity contribution in [3.05, 3.63) is 89.2 Å². The van der Waals surface area contributed by atoms with Crippen molar-refractivity contribution in [3.63, 3.8) is 0 Å². The Morgan fingerprint density at radius 1 is 1.10 bits per heavy atom. The summed E-state index contributed by atoms with van der Waals surface area (Å²) < 4.78 is 11.4. The number of amides is 1. The summed E-state index contributed by atoms with van der Waals surface area (Å²) in [5.41, 5.74) is 6.13. The number of ether oxygens (including phenoxy) is 1. The standard InChI is InChI=1S/C26H22ClNO3/c1-16-8-10-18(11-9-16)21-15-31-25-14-24(30-3)19(13-20(21)25)17(2)12-26(29)28-23-7-5-4-6-22(23)27/h4-15H,1-3H3,(H,28,29)/b17-12+. The number of hydrogen-bond acceptors (Lipinski definition) is 3. The van der Waals surface area contributed by atoms with Gasteiger partial charge in [0, 0.05) is 28.7 Å². The Bertz CT molecular complexity index is 1290. The molecule has 0 atom stereocenters. The van der Waals surface area contributed by atoms with Crippen molar-refractivity contribution >= 4 is 39.7 Å². The summed E-state index contributed by atoms with van der Waals surface area (Å²) in [7, 11) is 1.60. The monoisotopic (exact) mass is 431 g/mol. The number of furan rings is 1. The number of anilines is 1. The van der Waals surface area contributed by atoms with Crippen molar-refractivity contribution in [2.75, 3.05) is 12.4 Å². The maximum Gasteiger partial charge on any atom is 0.248 e. The van der Waals surface area contributed by atoms with Crippen molar-refractivity contribution in [1.82, 2.24) is 0 Å². The number of nitrogens with one attached hydrogen (secondary N) is 1. The molecule has 0 aliphatic heterocycles. The number of hydrogen-bond donors (Lipinski definition) is 1. The average molecular weight is 432 g/mol. The van der Waals surface area contributed by atoms with Gasteiger partial charge in [-0.1, -0.05) is 53.6 Å². The first-order valence-electron chi connectivity index (χ1n) is 9.86. The summed E-state index contributed by atoms with van der Waals surface area (Å²) in [5.74, 6) is 0.371. The second-order valence-electron chi connectivity index (χ2n) is 7.36. The van der Waals surface area contributed by atoms with Crippen molar-refractivity contribution in [2.45, 2.75) is 13.8 Å². The van der Waals surface area contributed by atoms with Crippen LogP contribution in [-0.4, -0.2) is 13.0 Å². The van der Waals surface area contributed by atoms with E-state index in [9.17, 15) is 4.79 Å². The van der Waals surface area contributed by atoms with Crippen LogP contribution in [0.3, 0.4) is 0 Å². The van der Waals surface area contributed by atoms with Crippen molar-refractivity contribution in [2.24, 2.45) is 0 Å². The van der Waals surface area contributed by atoms with Crippen LogP contribution in [-0.2, 0) is 4.79 Å². The minimum atomic E-state index is -0.265. The first kappa shape index (κ1) is 20.8. The Hall–Kier alpha value is -3.50. The molecular weight excluding hydrogens is 410 g/mol. The van der Waals surface area contributed by atoms with E-state index in [1.807, 2.05) is 31.2 Å². The molecule has 0 radical (unpaired) electrons. The van der Waals surface area contributed by atoms with Gasteiger partial charge in [0.15, 0.2) is 0 Å². The van der Waals surface area contributed by atoms with Crippen molar-refractivity contribution < 1.29 is 13.9 Å². The minimum Gasteiger partial charge on any atom is -0.496 e. The van der Waals surface area contributed by atoms with E-state index in [-0.39, 0.29) is 5.91 Å². The lowest BCUT2D eigenvalue weighted by atomic mass is 9.99. The molecule has 4 aromatic rings. The molecule has 0 spiro atoms. The molecule has 0 saturated carbocycles. The second kappa shape index (κ2) is 8.70. The topological polar surface area (TPSA) is 51.5 Å². The van der Waals surface area contributed by atoms with Gasteiger partial charge in [-0.05, 0) is 43.2 Å². The van der Waals surface area contributed by atoms with Crippen LogP contribution in [0.5, 0.6) is 5.75 Å². The molecule has 5 heteroatoms. The number of fused-ring (bicyclic) bond motifs is 1. The van der Waals surface area contributed by atoms with E-state index in [0.717, 1.165) is 33.2 Å². The highest BCUT2D eigenvalue weighted by atomic mass is 35.5. The lowest BCUT2D eigenvalue weighted by Gasteiger charge is -2.10. The quantitative estimate of drug-likeness (QED) is 0.342. The van der Waals surface area contributed by atoms with Gasteiger partial charge < -0.3 is 14.5 Å². The molecule has 0 unspecified atom stereocenters. The molecule has 156 valence electrons. The Labute approximate surface area is 186 Å². The molecule has 4 nitrogen and oxygen atoms in total. The van der Waals surface area contributed by atoms with E-state index in [0.29, 0.717) is 16.5 Å². The summed E-state index contributed by atoms with van der Waals surface area (Å²) in [6.45, 7) is 3.93. The molecule has 1 aromatic heterocycles.